The number of hydrogen-bond acceptors (Lipinski definition) is 5. The topological polar surface area (TPSA) is 83.6 Å². The summed E-state index contributed by atoms with van der Waals surface area (Å²) in [5.41, 5.74) is 7.07. The molecule has 172 valence electrons. The van der Waals surface area contributed by atoms with E-state index in [1.54, 1.807) is 12.0 Å². The van der Waals surface area contributed by atoms with Crippen LogP contribution < -0.4 is 10.5 Å². The molecule has 0 saturated carbocycles. The van der Waals surface area contributed by atoms with Crippen LogP contribution >= 0.6 is 0 Å². The molecule has 2 N–H and O–H groups in total. The van der Waals surface area contributed by atoms with Crippen molar-refractivity contribution in [1.82, 2.24) is 14.7 Å². The minimum Gasteiger partial charge on any atom is -0.497 e. The van der Waals surface area contributed by atoms with E-state index in [4.69, 9.17) is 20.2 Å². The van der Waals surface area contributed by atoms with Gasteiger partial charge in [-0.15, -0.1) is 0 Å². The summed E-state index contributed by atoms with van der Waals surface area (Å²) >= 11 is 0. The third-order valence-electron chi connectivity index (χ3n) is 5.74. The zero-order chi connectivity index (χ0) is 22.4. The van der Waals surface area contributed by atoms with Crippen molar-refractivity contribution in [2.45, 2.75) is 45.3 Å². The molecular weight excluding hydrogens is 394 g/mol. The fourth-order valence-electron chi connectivity index (χ4n) is 4.06. The Hall–Kier alpha value is -2.48. The van der Waals surface area contributed by atoms with Gasteiger partial charge in [0.25, 0.3) is 0 Å². The molecule has 1 aromatic rings. The number of nitrogens with zero attached hydrogens (tertiary/aromatic N) is 4. The van der Waals surface area contributed by atoms with Gasteiger partial charge in [-0.2, -0.15) is 0 Å². The lowest BCUT2D eigenvalue weighted by Gasteiger charge is -2.36. The van der Waals surface area contributed by atoms with Gasteiger partial charge in [0.2, 0.25) is 0 Å². The molecule has 0 bridgehead atoms. The molecule has 1 amide bonds. The Kier molecular flexibility index (Phi) is 7.64. The van der Waals surface area contributed by atoms with Gasteiger partial charge in [0.1, 0.15) is 11.4 Å². The van der Waals surface area contributed by atoms with Crippen molar-refractivity contribution in [2.75, 3.05) is 52.9 Å². The number of likely N-dealkylation sites (tertiary alicyclic amines) is 1. The molecule has 2 aliphatic rings. The first-order valence-electron chi connectivity index (χ1n) is 11.2. The van der Waals surface area contributed by atoms with Crippen LogP contribution in [0.15, 0.2) is 29.3 Å². The number of ether oxygens (including phenoxy) is 2. The van der Waals surface area contributed by atoms with E-state index < -0.39 is 5.60 Å². The quantitative estimate of drug-likeness (QED) is 0.570. The van der Waals surface area contributed by atoms with Crippen molar-refractivity contribution < 1.29 is 14.3 Å². The molecule has 0 aromatic heterocycles. The number of carbonyl (C=O) groups excluding carboxylic acids is 1. The van der Waals surface area contributed by atoms with E-state index in [9.17, 15) is 4.79 Å². The minimum atomic E-state index is -0.487. The number of amides is 1. The highest BCUT2D eigenvalue weighted by molar-refractivity contribution is 5.78. The Labute approximate surface area is 186 Å². The van der Waals surface area contributed by atoms with Crippen molar-refractivity contribution in [3.63, 3.8) is 0 Å². The molecule has 3 rings (SSSR count). The lowest BCUT2D eigenvalue weighted by Crippen LogP contribution is -2.53. The third-order valence-corrected chi connectivity index (χ3v) is 5.74. The fraction of sp³-hybridized carbons (Fsp3) is 0.652. The Morgan fingerprint density at radius 3 is 2.35 bits per heavy atom. The second-order valence-electron chi connectivity index (χ2n) is 9.19. The van der Waals surface area contributed by atoms with Crippen LogP contribution in [0.5, 0.6) is 5.75 Å². The lowest BCUT2D eigenvalue weighted by molar-refractivity contribution is 0.0186. The van der Waals surface area contributed by atoms with E-state index in [-0.39, 0.29) is 12.1 Å². The Morgan fingerprint density at radius 1 is 1.10 bits per heavy atom. The largest absolute Gasteiger partial charge is 0.497 e. The van der Waals surface area contributed by atoms with E-state index in [1.807, 2.05) is 37.8 Å². The molecular formula is C23H37N5O3. The standard InChI is InChI=1S/C23H37N5O3/c1-23(2,3)31-22(29)28-14-12-27(13-15-28)21(24)25-17-20(26-10-5-6-11-26)18-8-7-9-19(16-18)30-4/h7-9,16,20H,5-6,10-15,17H2,1-4H3,(H2,24,25). The van der Waals surface area contributed by atoms with Gasteiger partial charge in [-0.1, -0.05) is 12.1 Å². The molecule has 1 atom stereocenters. The van der Waals surface area contributed by atoms with Crippen molar-refractivity contribution in [1.29, 1.82) is 0 Å². The predicted octanol–water partition coefficient (Wildman–Crippen LogP) is 2.70. The zero-order valence-corrected chi connectivity index (χ0v) is 19.3. The van der Waals surface area contributed by atoms with Crippen LogP contribution in [0.2, 0.25) is 0 Å². The number of aliphatic imine (C=N–C) groups is 1. The van der Waals surface area contributed by atoms with Gasteiger partial charge in [-0.05, 0) is 64.4 Å². The van der Waals surface area contributed by atoms with Gasteiger partial charge in [-0.25, -0.2) is 4.79 Å². The van der Waals surface area contributed by atoms with E-state index in [2.05, 4.69) is 17.0 Å². The lowest BCUT2D eigenvalue weighted by atomic mass is 10.1. The summed E-state index contributed by atoms with van der Waals surface area (Å²) in [4.78, 5) is 23.3. The van der Waals surface area contributed by atoms with E-state index in [0.717, 1.165) is 18.8 Å². The zero-order valence-electron chi connectivity index (χ0n) is 19.3. The summed E-state index contributed by atoms with van der Waals surface area (Å²) in [5, 5.41) is 0. The summed E-state index contributed by atoms with van der Waals surface area (Å²) in [5.74, 6) is 1.40. The number of guanidine groups is 1. The Balaban J connectivity index is 1.61. The molecule has 1 aromatic carbocycles. The smallest absolute Gasteiger partial charge is 0.410 e. The molecule has 1 unspecified atom stereocenters. The molecule has 8 nitrogen and oxygen atoms in total. The molecule has 0 aliphatic carbocycles. The maximum absolute atomic E-state index is 12.3. The summed E-state index contributed by atoms with van der Waals surface area (Å²) < 4.78 is 10.9. The number of nitrogens with two attached hydrogens (primary N) is 1. The Bertz CT molecular complexity index is 763. The van der Waals surface area contributed by atoms with Crippen LogP contribution in [-0.2, 0) is 4.74 Å². The SMILES string of the molecule is COc1cccc(C(CN=C(N)N2CCN(C(=O)OC(C)(C)C)CC2)N2CCCC2)c1. The monoisotopic (exact) mass is 431 g/mol. The van der Waals surface area contributed by atoms with Crippen molar-refractivity contribution in [3.8, 4) is 5.75 Å². The van der Waals surface area contributed by atoms with Crippen LogP contribution in [0, 0.1) is 0 Å². The fourth-order valence-corrected chi connectivity index (χ4v) is 4.06. The van der Waals surface area contributed by atoms with Crippen molar-refractivity contribution >= 4 is 12.1 Å². The highest BCUT2D eigenvalue weighted by Crippen LogP contribution is 2.28. The van der Waals surface area contributed by atoms with Crippen molar-refractivity contribution in [2.24, 2.45) is 10.7 Å². The van der Waals surface area contributed by atoms with Crippen molar-refractivity contribution in [3.05, 3.63) is 29.8 Å². The highest BCUT2D eigenvalue weighted by atomic mass is 16.6. The van der Waals surface area contributed by atoms with Gasteiger partial charge in [0.05, 0.1) is 19.7 Å². The molecule has 2 heterocycles. The first kappa shape index (κ1) is 23.2. The summed E-state index contributed by atoms with van der Waals surface area (Å²) in [6, 6.07) is 8.40. The molecule has 31 heavy (non-hydrogen) atoms. The first-order valence-corrected chi connectivity index (χ1v) is 11.2. The summed E-state index contributed by atoms with van der Waals surface area (Å²) in [7, 11) is 1.69. The molecule has 0 radical (unpaired) electrons. The first-order chi connectivity index (χ1) is 14.8. The second-order valence-corrected chi connectivity index (χ2v) is 9.19. The van der Waals surface area contributed by atoms with Crippen LogP contribution in [0.3, 0.4) is 0 Å². The van der Waals surface area contributed by atoms with Crippen LogP contribution in [0.25, 0.3) is 0 Å². The van der Waals surface area contributed by atoms with Gasteiger partial charge in [0.15, 0.2) is 5.96 Å². The van der Waals surface area contributed by atoms with Gasteiger partial charge >= 0.3 is 6.09 Å². The molecule has 2 fully saturated rings. The van der Waals surface area contributed by atoms with Crippen LogP contribution in [0.1, 0.15) is 45.2 Å². The number of carbonyl (C=O) groups is 1. The Morgan fingerprint density at radius 2 is 1.74 bits per heavy atom. The second kappa shape index (κ2) is 10.2. The number of rotatable bonds is 5. The predicted molar refractivity (Wildman–Crippen MR) is 122 cm³/mol. The molecule has 8 heteroatoms. The van der Waals surface area contributed by atoms with Crippen LogP contribution in [-0.4, -0.2) is 85.3 Å². The van der Waals surface area contributed by atoms with E-state index in [1.165, 1.54) is 18.4 Å². The number of methoxy groups -OCH3 is 1. The van der Waals surface area contributed by atoms with Gasteiger partial charge in [0, 0.05) is 26.2 Å². The number of hydrogen-bond donors (Lipinski definition) is 1. The average Bonchev–Trinajstić information content (AvgIpc) is 3.27. The number of piperazine rings is 1. The average molecular weight is 432 g/mol. The van der Waals surface area contributed by atoms with Crippen LogP contribution in [0.4, 0.5) is 4.79 Å². The van der Waals surface area contributed by atoms with Gasteiger partial charge < -0.3 is 25.0 Å². The molecule has 0 spiro atoms. The third kappa shape index (κ3) is 6.50. The molecule has 2 aliphatic heterocycles. The maximum Gasteiger partial charge on any atom is 0.410 e. The summed E-state index contributed by atoms with van der Waals surface area (Å²) in [6.45, 7) is 10.9. The maximum atomic E-state index is 12.3. The summed E-state index contributed by atoms with van der Waals surface area (Å²) in [6.07, 6.45) is 2.16. The molecule has 2 saturated heterocycles. The van der Waals surface area contributed by atoms with E-state index >= 15 is 0 Å². The minimum absolute atomic E-state index is 0.180. The van der Waals surface area contributed by atoms with Gasteiger partial charge in [-0.3, -0.25) is 9.89 Å². The van der Waals surface area contributed by atoms with E-state index in [0.29, 0.717) is 38.7 Å². The number of benzene rings is 1. The highest BCUT2D eigenvalue weighted by Gasteiger charge is 2.27. The normalized spacial score (nSPS) is 19.4.